The highest BCUT2D eigenvalue weighted by Crippen LogP contribution is 2.19. The molecule has 0 saturated carbocycles. The Labute approximate surface area is 94.2 Å². The van der Waals surface area contributed by atoms with Crippen molar-refractivity contribution in [3.63, 3.8) is 0 Å². The standard InChI is InChI=1S/C12H14O4/c1-12(2,11(14)15-3)16-10-6-4-9(8-13)5-7-10/h4-8H,1-3H3. The molecule has 0 radical (unpaired) electrons. The quantitative estimate of drug-likeness (QED) is 0.576. The van der Waals surface area contributed by atoms with E-state index in [1.54, 1.807) is 38.1 Å². The summed E-state index contributed by atoms with van der Waals surface area (Å²) in [5, 5.41) is 0. The van der Waals surface area contributed by atoms with Crippen molar-refractivity contribution in [2.24, 2.45) is 0 Å². The van der Waals surface area contributed by atoms with E-state index < -0.39 is 11.6 Å². The third kappa shape index (κ3) is 2.82. The van der Waals surface area contributed by atoms with Gasteiger partial charge in [0.2, 0.25) is 0 Å². The molecular formula is C12H14O4. The van der Waals surface area contributed by atoms with Crippen molar-refractivity contribution in [2.75, 3.05) is 7.11 Å². The van der Waals surface area contributed by atoms with Crippen molar-refractivity contribution in [3.05, 3.63) is 29.8 Å². The normalized spacial score (nSPS) is 10.7. The second-order valence-electron chi connectivity index (χ2n) is 3.79. The lowest BCUT2D eigenvalue weighted by Crippen LogP contribution is -2.39. The van der Waals surface area contributed by atoms with Crippen molar-refractivity contribution < 1.29 is 19.1 Å². The summed E-state index contributed by atoms with van der Waals surface area (Å²) in [5.74, 6) is 0.0629. The Balaban J connectivity index is 2.79. The Morgan fingerprint density at radius 3 is 2.25 bits per heavy atom. The van der Waals surface area contributed by atoms with Crippen LogP contribution in [0.4, 0.5) is 0 Å². The molecule has 0 heterocycles. The number of ether oxygens (including phenoxy) is 2. The topological polar surface area (TPSA) is 52.6 Å². The molecule has 0 amide bonds. The second kappa shape index (κ2) is 4.79. The fraction of sp³-hybridized carbons (Fsp3) is 0.333. The fourth-order valence-electron chi connectivity index (χ4n) is 1.20. The average molecular weight is 222 g/mol. The summed E-state index contributed by atoms with van der Waals surface area (Å²) >= 11 is 0. The lowest BCUT2D eigenvalue weighted by molar-refractivity contribution is -0.156. The SMILES string of the molecule is COC(=O)C(C)(C)Oc1ccc(C=O)cc1. The molecule has 1 rings (SSSR count). The largest absolute Gasteiger partial charge is 0.476 e. The lowest BCUT2D eigenvalue weighted by atomic mass is 10.1. The summed E-state index contributed by atoms with van der Waals surface area (Å²) < 4.78 is 10.1. The molecule has 0 bridgehead atoms. The van der Waals surface area contributed by atoms with E-state index in [1.807, 2.05) is 0 Å². The average Bonchev–Trinajstić information content (AvgIpc) is 2.28. The highest BCUT2D eigenvalue weighted by molar-refractivity contribution is 5.79. The zero-order chi connectivity index (χ0) is 12.2. The van der Waals surface area contributed by atoms with Crippen LogP contribution < -0.4 is 4.74 Å². The molecule has 0 saturated heterocycles. The smallest absolute Gasteiger partial charge is 0.349 e. The van der Waals surface area contributed by atoms with Crippen LogP contribution in [0.3, 0.4) is 0 Å². The van der Waals surface area contributed by atoms with Gasteiger partial charge in [-0.25, -0.2) is 4.79 Å². The van der Waals surface area contributed by atoms with E-state index in [-0.39, 0.29) is 0 Å². The van der Waals surface area contributed by atoms with E-state index in [1.165, 1.54) is 7.11 Å². The second-order valence-corrected chi connectivity index (χ2v) is 3.79. The first kappa shape index (κ1) is 12.2. The van der Waals surface area contributed by atoms with Gasteiger partial charge in [-0.1, -0.05) is 0 Å². The van der Waals surface area contributed by atoms with Gasteiger partial charge in [-0.05, 0) is 38.1 Å². The molecule has 1 aromatic rings. The molecule has 4 heteroatoms. The Hall–Kier alpha value is -1.84. The molecule has 0 spiro atoms. The number of esters is 1. The van der Waals surface area contributed by atoms with Crippen LogP contribution in [0.5, 0.6) is 5.75 Å². The molecule has 86 valence electrons. The van der Waals surface area contributed by atoms with E-state index in [0.717, 1.165) is 6.29 Å². The molecule has 0 aliphatic carbocycles. The lowest BCUT2D eigenvalue weighted by Gasteiger charge is -2.23. The summed E-state index contributed by atoms with van der Waals surface area (Å²) in [6, 6.07) is 6.51. The summed E-state index contributed by atoms with van der Waals surface area (Å²) in [5.41, 5.74) is -0.486. The third-order valence-corrected chi connectivity index (χ3v) is 2.07. The van der Waals surface area contributed by atoms with Gasteiger partial charge in [-0.3, -0.25) is 4.79 Å². The molecule has 4 nitrogen and oxygen atoms in total. The molecule has 0 unspecified atom stereocenters. The van der Waals surface area contributed by atoms with Crippen LogP contribution in [0.1, 0.15) is 24.2 Å². The minimum atomic E-state index is -1.04. The van der Waals surface area contributed by atoms with Crippen LogP contribution >= 0.6 is 0 Å². The third-order valence-electron chi connectivity index (χ3n) is 2.07. The van der Waals surface area contributed by atoms with Gasteiger partial charge in [0.1, 0.15) is 12.0 Å². The van der Waals surface area contributed by atoms with Crippen molar-refractivity contribution in [1.29, 1.82) is 0 Å². The van der Waals surface area contributed by atoms with E-state index in [9.17, 15) is 9.59 Å². The van der Waals surface area contributed by atoms with Crippen LogP contribution in [-0.4, -0.2) is 25.0 Å². The molecule has 1 aromatic carbocycles. The summed E-state index contributed by atoms with van der Waals surface area (Å²) in [6.45, 7) is 3.24. The molecule has 0 aliphatic rings. The highest BCUT2D eigenvalue weighted by atomic mass is 16.6. The van der Waals surface area contributed by atoms with Crippen molar-refractivity contribution in [1.82, 2.24) is 0 Å². The van der Waals surface area contributed by atoms with Gasteiger partial charge in [0.05, 0.1) is 7.11 Å². The van der Waals surface area contributed by atoms with Crippen LogP contribution in [0.25, 0.3) is 0 Å². The molecule has 16 heavy (non-hydrogen) atoms. The zero-order valence-electron chi connectivity index (χ0n) is 9.52. The van der Waals surface area contributed by atoms with E-state index >= 15 is 0 Å². The van der Waals surface area contributed by atoms with Crippen molar-refractivity contribution in [3.8, 4) is 5.75 Å². The van der Waals surface area contributed by atoms with Crippen LogP contribution in [0.2, 0.25) is 0 Å². The first-order valence-electron chi connectivity index (χ1n) is 4.82. The zero-order valence-corrected chi connectivity index (χ0v) is 9.52. The van der Waals surface area contributed by atoms with Crippen LogP contribution in [0.15, 0.2) is 24.3 Å². The van der Waals surface area contributed by atoms with Gasteiger partial charge in [-0.15, -0.1) is 0 Å². The van der Waals surface area contributed by atoms with Gasteiger partial charge in [0.15, 0.2) is 5.60 Å². The van der Waals surface area contributed by atoms with Crippen molar-refractivity contribution >= 4 is 12.3 Å². The minimum absolute atomic E-state index is 0.452. The first-order chi connectivity index (χ1) is 7.49. The predicted molar refractivity (Wildman–Crippen MR) is 58.6 cm³/mol. The maximum Gasteiger partial charge on any atom is 0.349 e. The Morgan fingerprint density at radius 2 is 1.81 bits per heavy atom. The Kier molecular flexibility index (Phi) is 3.66. The van der Waals surface area contributed by atoms with E-state index in [0.29, 0.717) is 11.3 Å². The monoisotopic (exact) mass is 222 g/mol. The highest BCUT2D eigenvalue weighted by Gasteiger charge is 2.30. The van der Waals surface area contributed by atoms with E-state index in [4.69, 9.17) is 4.74 Å². The fourth-order valence-corrected chi connectivity index (χ4v) is 1.20. The maximum atomic E-state index is 11.4. The number of hydrogen-bond acceptors (Lipinski definition) is 4. The number of rotatable bonds is 4. The molecular weight excluding hydrogens is 208 g/mol. The van der Waals surface area contributed by atoms with Crippen LogP contribution in [0, 0.1) is 0 Å². The van der Waals surface area contributed by atoms with Crippen LogP contribution in [-0.2, 0) is 9.53 Å². The number of carbonyl (C=O) groups excluding carboxylic acids is 2. The van der Waals surface area contributed by atoms with E-state index in [2.05, 4.69) is 4.74 Å². The van der Waals surface area contributed by atoms with Gasteiger partial charge in [0.25, 0.3) is 0 Å². The number of aldehydes is 1. The predicted octanol–water partition coefficient (Wildman–Crippen LogP) is 1.83. The van der Waals surface area contributed by atoms with Gasteiger partial charge < -0.3 is 9.47 Å². The summed E-state index contributed by atoms with van der Waals surface area (Å²) in [4.78, 5) is 21.8. The molecule has 0 fully saturated rings. The number of methoxy groups -OCH3 is 1. The number of hydrogen-bond donors (Lipinski definition) is 0. The Morgan fingerprint density at radius 1 is 1.25 bits per heavy atom. The first-order valence-corrected chi connectivity index (χ1v) is 4.82. The van der Waals surface area contributed by atoms with Gasteiger partial charge >= 0.3 is 5.97 Å². The molecule has 0 aliphatic heterocycles. The molecule has 0 N–H and O–H groups in total. The minimum Gasteiger partial charge on any atom is -0.476 e. The van der Waals surface area contributed by atoms with Gasteiger partial charge in [0, 0.05) is 5.56 Å². The molecule has 0 aromatic heterocycles. The summed E-state index contributed by atoms with van der Waals surface area (Å²) in [7, 11) is 1.31. The Bertz CT molecular complexity index is 379. The maximum absolute atomic E-state index is 11.4. The summed E-state index contributed by atoms with van der Waals surface area (Å²) in [6.07, 6.45) is 0.745. The number of benzene rings is 1. The van der Waals surface area contributed by atoms with Crippen molar-refractivity contribution in [2.45, 2.75) is 19.4 Å². The molecule has 0 atom stereocenters. The van der Waals surface area contributed by atoms with Gasteiger partial charge in [-0.2, -0.15) is 0 Å². The number of carbonyl (C=O) groups is 2.